The van der Waals surface area contributed by atoms with E-state index in [1.807, 2.05) is 44.5 Å². The largest absolute Gasteiger partial charge is 0.495 e. The number of anilines is 2. The molecule has 7 nitrogen and oxygen atoms in total. The van der Waals surface area contributed by atoms with E-state index in [-0.39, 0.29) is 23.8 Å². The maximum absolute atomic E-state index is 13.8. The molecule has 3 aromatic carbocycles. The first-order chi connectivity index (χ1) is 20.6. The fourth-order valence-electron chi connectivity index (χ4n) is 4.95. The molecule has 3 N–H and O–H groups in total. The number of ether oxygens (including phenoxy) is 1. The van der Waals surface area contributed by atoms with Crippen LogP contribution in [0.3, 0.4) is 0 Å². The molecule has 0 aliphatic heterocycles. The van der Waals surface area contributed by atoms with Crippen molar-refractivity contribution in [3.8, 4) is 17.0 Å². The zero-order valence-corrected chi connectivity index (χ0v) is 27.1. The number of benzene rings is 3. The Morgan fingerprint density at radius 1 is 1.12 bits per heavy atom. The number of carbonyl (C=O) groups excluding carboxylic acids is 2. The summed E-state index contributed by atoms with van der Waals surface area (Å²) in [6.45, 7) is 6.02. The van der Waals surface area contributed by atoms with Crippen molar-refractivity contribution in [2.45, 2.75) is 39.2 Å². The summed E-state index contributed by atoms with van der Waals surface area (Å²) in [6, 6.07) is 20.2. The van der Waals surface area contributed by atoms with Gasteiger partial charge in [0.15, 0.2) is 5.13 Å². The number of carbonyl (C=O) groups is 2. The smallest absolute Gasteiger partial charge is 0.255 e. The molecule has 0 bridgehead atoms. The predicted molar refractivity (Wildman–Crippen MR) is 181 cm³/mol. The van der Waals surface area contributed by atoms with E-state index in [1.54, 1.807) is 41.8 Å². The fraction of sp³-hybridized carbons (Fsp3) is 0.273. The van der Waals surface area contributed by atoms with Crippen LogP contribution in [0.15, 0.2) is 72.1 Å². The molecule has 3 unspecified atom stereocenters. The molecule has 4 rings (SSSR count). The van der Waals surface area contributed by atoms with Crippen LogP contribution in [0.2, 0.25) is 5.02 Å². The molecule has 224 valence electrons. The molecule has 43 heavy (non-hydrogen) atoms. The Hall–Kier alpha value is -3.63. The fourth-order valence-corrected chi connectivity index (χ4v) is 6.16. The molecule has 3 atom stereocenters. The molecule has 0 spiro atoms. The first kappa shape index (κ1) is 32.3. The molecule has 1 heterocycles. The lowest BCUT2D eigenvalue weighted by molar-refractivity contribution is -0.126. The van der Waals surface area contributed by atoms with Gasteiger partial charge in [0.1, 0.15) is 5.75 Å². The second kappa shape index (κ2) is 14.2. The van der Waals surface area contributed by atoms with E-state index in [0.29, 0.717) is 39.3 Å². The highest BCUT2D eigenvalue weighted by molar-refractivity contribution is 7.79. The number of nitrogens with zero attached hydrogens (tertiary/aromatic N) is 1. The van der Waals surface area contributed by atoms with Gasteiger partial charge in [0.05, 0.1) is 23.2 Å². The van der Waals surface area contributed by atoms with Gasteiger partial charge in [-0.1, -0.05) is 60.2 Å². The zero-order valence-electron chi connectivity index (χ0n) is 24.7. The van der Waals surface area contributed by atoms with Crippen LogP contribution in [-0.2, 0) is 4.79 Å². The Kier molecular flexibility index (Phi) is 10.7. The summed E-state index contributed by atoms with van der Waals surface area (Å²) in [5, 5.41) is 13.7. The van der Waals surface area contributed by atoms with Crippen LogP contribution < -0.4 is 20.7 Å². The normalized spacial score (nSPS) is 13.8. The minimum atomic E-state index is -0.787. The van der Waals surface area contributed by atoms with Crippen LogP contribution >= 0.6 is 35.2 Å². The molecule has 0 saturated carbocycles. The van der Waals surface area contributed by atoms with Crippen molar-refractivity contribution < 1.29 is 14.3 Å². The van der Waals surface area contributed by atoms with Crippen molar-refractivity contribution in [3.05, 3.63) is 93.8 Å². The summed E-state index contributed by atoms with van der Waals surface area (Å²) >= 11 is 13.0. The van der Waals surface area contributed by atoms with Crippen molar-refractivity contribution in [1.29, 1.82) is 0 Å². The SMILES string of the molecule is CNC(C)C(C)(CC(C=S)c1ccccc1C)C(=O)Nc1nc(-c2cccc(C(=O)Nc3ccc(OC)c(Cl)c3)c2)cs1. The monoisotopic (exact) mass is 634 g/mol. The van der Waals surface area contributed by atoms with Gasteiger partial charge < -0.3 is 20.7 Å². The van der Waals surface area contributed by atoms with Crippen LogP contribution in [-0.4, -0.2) is 42.4 Å². The predicted octanol–water partition coefficient (Wildman–Crippen LogP) is 7.76. The lowest BCUT2D eigenvalue weighted by atomic mass is 9.73. The summed E-state index contributed by atoms with van der Waals surface area (Å²) in [5.74, 6) is 0.0263. The van der Waals surface area contributed by atoms with Crippen molar-refractivity contribution in [1.82, 2.24) is 10.3 Å². The van der Waals surface area contributed by atoms with Gasteiger partial charge in [0.25, 0.3) is 5.91 Å². The topological polar surface area (TPSA) is 92.4 Å². The van der Waals surface area contributed by atoms with E-state index in [9.17, 15) is 9.59 Å². The van der Waals surface area contributed by atoms with E-state index in [1.165, 1.54) is 18.4 Å². The number of hydrogen-bond acceptors (Lipinski definition) is 7. The molecule has 4 aromatic rings. The third-order valence-electron chi connectivity index (χ3n) is 7.86. The van der Waals surface area contributed by atoms with Crippen molar-refractivity contribution in [2.75, 3.05) is 24.8 Å². The van der Waals surface area contributed by atoms with Crippen LogP contribution in [0.25, 0.3) is 11.3 Å². The summed E-state index contributed by atoms with van der Waals surface area (Å²) < 4.78 is 5.17. The second-order valence-electron chi connectivity index (χ2n) is 10.6. The number of halogens is 1. The Morgan fingerprint density at radius 3 is 2.56 bits per heavy atom. The lowest BCUT2D eigenvalue weighted by Crippen LogP contribution is -2.48. The third kappa shape index (κ3) is 7.48. The minimum Gasteiger partial charge on any atom is -0.495 e. The maximum atomic E-state index is 13.8. The van der Waals surface area contributed by atoms with E-state index in [4.69, 9.17) is 28.6 Å². The third-order valence-corrected chi connectivity index (χ3v) is 9.24. The van der Waals surface area contributed by atoms with Gasteiger partial charge in [0, 0.05) is 34.2 Å². The first-order valence-electron chi connectivity index (χ1n) is 13.8. The van der Waals surface area contributed by atoms with Crippen LogP contribution in [0.1, 0.15) is 47.7 Å². The highest BCUT2D eigenvalue weighted by Crippen LogP contribution is 2.37. The molecule has 0 radical (unpaired) electrons. The number of methoxy groups -OCH3 is 1. The van der Waals surface area contributed by atoms with E-state index in [0.717, 1.165) is 16.7 Å². The van der Waals surface area contributed by atoms with E-state index in [2.05, 4.69) is 40.0 Å². The summed E-state index contributed by atoms with van der Waals surface area (Å²) in [6.07, 6.45) is 0.532. The summed E-state index contributed by atoms with van der Waals surface area (Å²) in [4.78, 5) is 31.5. The Bertz CT molecular complexity index is 1630. The number of rotatable bonds is 12. The average molecular weight is 635 g/mol. The highest BCUT2D eigenvalue weighted by Gasteiger charge is 2.41. The molecule has 1 aromatic heterocycles. The second-order valence-corrected chi connectivity index (χ2v) is 12.1. The van der Waals surface area contributed by atoms with Gasteiger partial charge in [-0.3, -0.25) is 9.59 Å². The number of nitrogens with one attached hydrogen (secondary N) is 3. The maximum Gasteiger partial charge on any atom is 0.255 e. The molecular weight excluding hydrogens is 600 g/mol. The van der Waals surface area contributed by atoms with Crippen LogP contribution in [0.5, 0.6) is 5.75 Å². The molecule has 0 saturated heterocycles. The van der Waals surface area contributed by atoms with E-state index < -0.39 is 5.41 Å². The molecular formula is C33H35ClN4O3S2. The van der Waals surface area contributed by atoms with Gasteiger partial charge in [0.2, 0.25) is 5.91 Å². The first-order valence-corrected chi connectivity index (χ1v) is 15.5. The number of hydrogen-bond donors (Lipinski definition) is 3. The number of thiazole rings is 1. The van der Waals surface area contributed by atoms with Crippen molar-refractivity contribution >= 4 is 63.2 Å². The number of aryl methyl sites for hydroxylation is 1. The summed E-state index contributed by atoms with van der Waals surface area (Å²) in [7, 11) is 3.38. The van der Waals surface area contributed by atoms with Crippen molar-refractivity contribution in [3.63, 3.8) is 0 Å². The minimum absolute atomic E-state index is 0.0718. The molecule has 2 amide bonds. The van der Waals surface area contributed by atoms with Crippen LogP contribution in [0.4, 0.5) is 10.8 Å². The highest BCUT2D eigenvalue weighted by atomic mass is 35.5. The average Bonchev–Trinajstić information content (AvgIpc) is 3.48. The standard InChI is InChI=1S/C33H35ClN4O3S2/c1-20-9-6-7-12-26(20)24(18-42)17-33(3,21(2)35-4)31(40)38-32-37-28(19-43-32)22-10-8-11-23(15-22)30(39)36-25-13-14-29(41-5)27(34)16-25/h6-16,18-19,21,24,35H,17H2,1-5H3,(H,36,39)(H,37,38,40). The van der Waals surface area contributed by atoms with Gasteiger partial charge in [-0.05, 0) is 81.1 Å². The Labute approximate surface area is 267 Å². The van der Waals surface area contributed by atoms with Crippen molar-refractivity contribution in [2.24, 2.45) is 5.41 Å². The van der Waals surface area contributed by atoms with Crippen LogP contribution in [0, 0.1) is 12.3 Å². The van der Waals surface area contributed by atoms with Gasteiger partial charge >= 0.3 is 0 Å². The number of amides is 2. The van der Waals surface area contributed by atoms with Gasteiger partial charge in [-0.15, -0.1) is 11.3 Å². The molecule has 0 aliphatic rings. The molecule has 0 fully saturated rings. The molecule has 10 heteroatoms. The Balaban J connectivity index is 1.51. The molecule has 0 aliphatic carbocycles. The number of aromatic nitrogens is 1. The summed E-state index contributed by atoms with van der Waals surface area (Å²) in [5.41, 5.74) is 3.90. The number of thiocarbonyl (C=S) groups is 1. The zero-order chi connectivity index (χ0) is 31.1. The lowest BCUT2D eigenvalue weighted by Gasteiger charge is -2.36. The van der Waals surface area contributed by atoms with E-state index >= 15 is 0 Å². The Morgan fingerprint density at radius 2 is 1.88 bits per heavy atom. The quantitative estimate of drug-likeness (QED) is 0.138. The van der Waals surface area contributed by atoms with Gasteiger partial charge in [-0.2, -0.15) is 0 Å². The van der Waals surface area contributed by atoms with Gasteiger partial charge in [-0.25, -0.2) is 4.98 Å².